The van der Waals surface area contributed by atoms with Crippen LogP contribution in [-0.2, 0) is 11.3 Å². The molecule has 6 heteroatoms. The molecular formula is C11H17N5O. The van der Waals surface area contributed by atoms with E-state index in [1.165, 1.54) is 0 Å². The monoisotopic (exact) mass is 235 g/mol. The van der Waals surface area contributed by atoms with Crippen molar-refractivity contribution in [1.82, 2.24) is 20.4 Å². The molecule has 1 fully saturated rings. The van der Waals surface area contributed by atoms with Crippen LogP contribution in [0, 0.1) is 0 Å². The average molecular weight is 235 g/mol. The molecule has 1 amide bonds. The standard InChI is InChI=1S/C11H17N5O/c1-3-5-16-7-8(6-13-16)9-10(17)15-11(14-9)12-4-2/h6-7,9H,3-5H2,1-2H3,(H2,12,14,15,17). The first-order valence-electron chi connectivity index (χ1n) is 5.88. The number of rotatable bonds is 4. The molecule has 0 radical (unpaired) electrons. The molecule has 1 aliphatic heterocycles. The highest BCUT2D eigenvalue weighted by atomic mass is 16.2. The minimum Gasteiger partial charge on any atom is -0.340 e. The summed E-state index contributed by atoms with van der Waals surface area (Å²) in [6.07, 6.45) is 4.64. The number of nitrogens with zero attached hydrogens (tertiary/aromatic N) is 3. The van der Waals surface area contributed by atoms with Crippen LogP contribution in [-0.4, -0.2) is 28.2 Å². The SMILES string of the molecule is CCCn1cc(C2NC(=NCC)NC2=O)cn1. The molecule has 1 aromatic heterocycles. The molecule has 0 aromatic carbocycles. The maximum absolute atomic E-state index is 11.7. The van der Waals surface area contributed by atoms with Gasteiger partial charge in [0.25, 0.3) is 5.91 Å². The van der Waals surface area contributed by atoms with E-state index < -0.39 is 0 Å². The van der Waals surface area contributed by atoms with Gasteiger partial charge >= 0.3 is 0 Å². The van der Waals surface area contributed by atoms with E-state index in [1.54, 1.807) is 6.20 Å². The molecule has 0 saturated carbocycles. The van der Waals surface area contributed by atoms with Gasteiger partial charge in [-0.15, -0.1) is 0 Å². The molecule has 2 heterocycles. The van der Waals surface area contributed by atoms with Gasteiger partial charge in [-0.25, -0.2) is 0 Å². The first-order chi connectivity index (χ1) is 8.24. The number of carbonyl (C=O) groups excluding carboxylic acids is 1. The fourth-order valence-corrected chi connectivity index (χ4v) is 1.79. The van der Waals surface area contributed by atoms with Gasteiger partial charge in [0.05, 0.1) is 6.20 Å². The Hall–Kier alpha value is -1.85. The lowest BCUT2D eigenvalue weighted by molar-refractivity contribution is -0.120. The molecule has 0 spiro atoms. The molecule has 92 valence electrons. The first kappa shape index (κ1) is 11.6. The molecule has 2 N–H and O–H groups in total. The summed E-state index contributed by atoms with van der Waals surface area (Å²) in [6, 6.07) is -0.370. The number of hydrogen-bond acceptors (Lipinski definition) is 3. The summed E-state index contributed by atoms with van der Waals surface area (Å²) in [5, 5.41) is 9.97. The van der Waals surface area contributed by atoms with Gasteiger partial charge < -0.3 is 5.32 Å². The predicted molar refractivity (Wildman–Crippen MR) is 64.5 cm³/mol. The van der Waals surface area contributed by atoms with Crippen molar-refractivity contribution in [2.24, 2.45) is 4.99 Å². The normalized spacial score (nSPS) is 21.6. The van der Waals surface area contributed by atoms with Crippen LogP contribution in [0.1, 0.15) is 31.9 Å². The van der Waals surface area contributed by atoms with Crippen molar-refractivity contribution in [3.05, 3.63) is 18.0 Å². The maximum atomic E-state index is 11.7. The second kappa shape index (κ2) is 4.99. The third-order valence-corrected chi connectivity index (χ3v) is 2.54. The Morgan fingerprint density at radius 2 is 2.35 bits per heavy atom. The lowest BCUT2D eigenvalue weighted by Gasteiger charge is -2.03. The van der Waals surface area contributed by atoms with Gasteiger partial charge in [-0.1, -0.05) is 6.92 Å². The second-order valence-corrected chi connectivity index (χ2v) is 3.93. The molecule has 17 heavy (non-hydrogen) atoms. The van der Waals surface area contributed by atoms with Crippen LogP contribution in [0.2, 0.25) is 0 Å². The number of aliphatic imine (C=N–C) groups is 1. The van der Waals surface area contributed by atoms with E-state index in [0.29, 0.717) is 12.5 Å². The lowest BCUT2D eigenvalue weighted by Crippen LogP contribution is -2.25. The summed E-state index contributed by atoms with van der Waals surface area (Å²) in [6.45, 7) is 5.52. The van der Waals surface area contributed by atoms with Crippen LogP contribution < -0.4 is 10.6 Å². The van der Waals surface area contributed by atoms with Crippen LogP contribution in [0.4, 0.5) is 0 Å². The van der Waals surface area contributed by atoms with Gasteiger partial charge in [-0.3, -0.25) is 19.8 Å². The zero-order valence-electron chi connectivity index (χ0n) is 10.1. The Labute approximate surface area is 100 Å². The van der Waals surface area contributed by atoms with E-state index in [0.717, 1.165) is 18.5 Å². The van der Waals surface area contributed by atoms with Gasteiger partial charge in [0, 0.05) is 24.8 Å². The number of carbonyl (C=O) groups is 1. The maximum Gasteiger partial charge on any atom is 0.254 e. The Morgan fingerprint density at radius 3 is 3.06 bits per heavy atom. The Balaban J connectivity index is 2.11. The molecule has 1 saturated heterocycles. The van der Waals surface area contributed by atoms with Crippen molar-refractivity contribution in [3.63, 3.8) is 0 Å². The van der Waals surface area contributed by atoms with E-state index in [4.69, 9.17) is 0 Å². The van der Waals surface area contributed by atoms with Crippen molar-refractivity contribution < 1.29 is 4.79 Å². The molecule has 0 aliphatic carbocycles. The second-order valence-electron chi connectivity index (χ2n) is 3.93. The Kier molecular flexibility index (Phi) is 3.41. The number of nitrogens with one attached hydrogen (secondary N) is 2. The number of hydrogen-bond donors (Lipinski definition) is 2. The van der Waals surface area contributed by atoms with Crippen LogP contribution in [0.25, 0.3) is 0 Å². The van der Waals surface area contributed by atoms with Crippen LogP contribution in [0.15, 0.2) is 17.4 Å². The van der Waals surface area contributed by atoms with Crippen molar-refractivity contribution in [1.29, 1.82) is 0 Å². The summed E-state index contributed by atoms with van der Waals surface area (Å²) in [7, 11) is 0. The van der Waals surface area contributed by atoms with Gasteiger partial charge in [0.15, 0.2) is 5.96 Å². The molecule has 2 rings (SSSR count). The molecular weight excluding hydrogens is 218 g/mol. The zero-order valence-corrected chi connectivity index (χ0v) is 10.1. The molecule has 1 atom stereocenters. The summed E-state index contributed by atoms with van der Waals surface area (Å²) in [4.78, 5) is 15.9. The highest BCUT2D eigenvalue weighted by molar-refractivity contribution is 6.06. The Morgan fingerprint density at radius 1 is 1.53 bits per heavy atom. The van der Waals surface area contributed by atoms with Crippen molar-refractivity contribution in [2.75, 3.05) is 6.54 Å². The number of aryl methyl sites for hydroxylation is 1. The Bertz CT molecular complexity index is 437. The minimum absolute atomic E-state index is 0.0757. The highest BCUT2D eigenvalue weighted by Crippen LogP contribution is 2.15. The molecule has 1 aromatic rings. The number of amides is 1. The van der Waals surface area contributed by atoms with Crippen LogP contribution >= 0.6 is 0 Å². The predicted octanol–water partition coefficient (Wildman–Crippen LogP) is 0.429. The van der Waals surface area contributed by atoms with Crippen molar-refractivity contribution in [3.8, 4) is 0 Å². The lowest BCUT2D eigenvalue weighted by atomic mass is 10.2. The van der Waals surface area contributed by atoms with E-state index in [1.807, 2.05) is 17.8 Å². The van der Waals surface area contributed by atoms with Crippen LogP contribution in [0.5, 0.6) is 0 Å². The minimum atomic E-state index is -0.370. The smallest absolute Gasteiger partial charge is 0.254 e. The van der Waals surface area contributed by atoms with Gasteiger partial charge in [-0.05, 0) is 13.3 Å². The molecule has 6 nitrogen and oxygen atoms in total. The van der Waals surface area contributed by atoms with E-state index in [-0.39, 0.29) is 11.9 Å². The van der Waals surface area contributed by atoms with Gasteiger partial charge in [0.2, 0.25) is 0 Å². The molecule has 1 unspecified atom stereocenters. The fourth-order valence-electron chi connectivity index (χ4n) is 1.79. The summed E-state index contributed by atoms with van der Waals surface area (Å²) >= 11 is 0. The third kappa shape index (κ3) is 2.46. The van der Waals surface area contributed by atoms with Gasteiger partial charge in [0.1, 0.15) is 6.04 Å². The summed E-state index contributed by atoms with van der Waals surface area (Å²) in [5.74, 6) is 0.471. The van der Waals surface area contributed by atoms with Crippen LogP contribution in [0.3, 0.4) is 0 Å². The largest absolute Gasteiger partial charge is 0.340 e. The number of guanidine groups is 1. The topological polar surface area (TPSA) is 71.3 Å². The quantitative estimate of drug-likeness (QED) is 0.795. The summed E-state index contributed by atoms with van der Waals surface area (Å²) < 4.78 is 1.85. The van der Waals surface area contributed by atoms with E-state index in [9.17, 15) is 4.79 Å². The molecule has 1 aliphatic rings. The first-order valence-corrected chi connectivity index (χ1v) is 5.88. The van der Waals surface area contributed by atoms with Crippen molar-refractivity contribution >= 4 is 11.9 Å². The third-order valence-electron chi connectivity index (χ3n) is 2.54. The average Bonchev–Trinajstić information content (AvgIpc) is 2.87. The highest BCUT2D eigenvalue weighted by Gasteiger charge is 2.30. The summed E-state index contributed by atoms with van der Waals surface area (Å²) in [5.41, 5.74) is 0.872. The number of aromatic nitrogens is 2. The van der Waals surface area contributed by atoms with Gasteiger partial charge in [-0.2, -0.15) is 5.10 Å². The van der Waals surface area contributed by atoms with Crippen molar-refractivity contribution in [2.45, 2.75) is 32.9 Å². The zero-order chi connectivity index (χ0) is 12.3. The van der Waals surface area contributed by atoms with E-state index >= 15 is 0 Å². The fraction of sp³-hybridized carbons (Fsp3) is 0.545. The molecule has 0 bridgehead atoms. The van der Waals surface area contributed by atoms with E-state index in [2.05, 4.69) is 27.6 Å².